The van der Waals surface area contributed by atoms with Crippen molar-refractivity contribution in [3.8, 4) is 0 Å². The second kappa shape index (κ2) is 4.92. The monoisotopic (exact) mass is 317 g/mol. The Morgan fingerprint density at radius 2 is 1.91 bits per heavy atom. The lowest BCUT2D eigenvalue weighted by molar-refractivity contribution is -0.579. The molecule has 1 aromatic carbocycles. The molecule has 0 N–H and O–H groups in total. The van der Waals surface area contributed by atoms with Crippen LogP contribution in [0.2, 0.25) is 0 Å². The van der Waals surface area contributed by atoms with Gasteiger partial charge in [0.2, 0.25) is 0 Å². The summed E-state index contributed by atoms with van der Waals surface area (Å²) >= 11 is 0. The standard InChI is InChI=1S/C14H11N3O4S/c1-10-2-4-12(5-3-10)22(20,21)17-7-6-13-14(17)16(19)8-11(9-18)15-13/h2-9H,1H3. The Labute approximate surface area is 126 Å². The highest BCUT2D eigenvalue weighted by Crippen LogP contribution is 2.19. The first kappa shape index (κ1) is 14.2. The van der Waals surface area contributed by atoms with Crippen LogP contribution in [-0.4, -0.2) is 23.7 Å². The van der Waals surface area contributed by atoms with Crippen molar-refractivity contribution in [2.75, 3.05) is 0 Å². The van der Waals surface area contributed by atoms with Crippen molar-refractivity contribution in [2.24, 2.45) is 0 Å². The summed E-state index contributed by atoms with van der Waals surface area (Å²) in [5.74, 6) is 0. The summed E-state index contributed by atoms with van der Waals surface area (Å²) in [6, 6.07) is 7.67. The van der Waals surface area contributed by atoms with Crippen molar-refractivity contribution in [3.05, 3.63) is 59.2 Å². The number of benzene rings is 1. The lowest BCUT2D eigenvalue weighted by Crippen LogP contribution is -2.32. The third kappa shape index (κ3) is 2.13. The molecule has 0 unspecified atom stereocenters. The van der Waals surface area contributed by atoms with Crippen molar-refractivity contribution in [1.82, 2.24) is 8.96 Å². The topological polar surface area (TPSA) is 96.0 Å². The van der Waals surface area contributed by atoms with Gasteiger partial charge in [0.05, 0.1) is 0 Å². The van der Waals surface area contributed by atoms with Crippen LogP contribution >= 0.6 is 0 Å². The zero-order valence-electron chi connectivity index (χ0n) is 11.5. The maximum Gasteiger partial charge on any atom is 0.335 e. The Hall–Kier alpha value is -2.74. The second-order valence-corrected chi connectivity index (χ2v) is 6.56. The molecule has 0 amide bonds. The average Bonchev–Trinajstić information content (AvgIpc) is 2.92. The average molecular weight is 317 g/mol. The summed E-state index contributed by atoms with van der Waals surface area (Å²) in [4.78, 5) is 14.7. The number of aryl methyl sites for hydroxylation is 1. The number of rotatable bonds is 3. The predicted octanol–water partition coefficient (Wildman–Crippen LogP) is 1.03. The highest BCUT2D eigenvalue weighted by Gasteiger charge is 2.27. The Balaban J connectivity index is 2.26. The Bertz CT molecular complexity index is 975. The molecule has 0 aliphatic rings. The first-order valence-corrected chi connectivity index (χ1v) is 7.76. The van der Waals surface area contributed by atoms with E-state index < -0.39 is 10.0 Å². The van der Waals surface area contributed by atoms with Gasteiger partial charge in [0.25, 0.3) is 0 Å². The molecule has 3 aromatic rings. The molecule has 0 spiro atoms. The maximum absolute atomic E-state index is 12.6. The molecule has 0 aliphatic heterocycles. The molecule has 8 heteroatoms. The van der Waals surface area contributed by atoms with Gasteiger partial charge < -0.3 is 5.21 Å². The van der Waals surface area contributed by atoms with E-state index in [1.54, 1.807) is 12.1 Å². The van der Waals surface area contributed by atoms with Gasteiger partial charge in [-0.05, 0) is 19.1 Å². The molecule has 2 heterocycles. The number of aldehydes is 1. The fourth-order valence-electron chi connectivity index (χ4n) is 2.12. The lowest BCUT2D eigenvalue weighted by atomic mass is 10.2. The fraction of sp³-hybridized carbons (Fsp3) is 0.0714. The minimum absolute atomic E-state index is 0.0621. The van der Waals surface area contributed by atoms with E-state index in [0.29, 0.717) is 11.0 Å². The van der Waals surface area contributed by atoms with Gasteiger partial charge in [-0.25, -0.2) is 9.71 Å². The molecule has 0 aliphatic carbocycles. The van der Waals surface area contributed by atoms with E-state index in [1.165, 1.54) is 24.4 Å². The molecule has 2 aromatic heterocycles. The zero-order valence-corrected chi connectivity index (χ0v) is 12.3. The van der Waals surface area contributed by atoms with E-state index in [0.717, 1.165) is 15.7 Å². The van der Waals surface area contributed by atoms with Crippen LogP contribution in [0.4, 0.5) is 0 Å². The maximum atomic E-state index is 12.6. The van der Waals surface area contributed by atoms with E-state index in [1.807, 2.05) is 6.92 Å². The van der Waals surface area contributed by atoms with E-state index in [4.69, 9.17) is 0 Å². The van der Waals surface area contributed by atoms with Crippen LogP contribution in [0.25, 0.3) is 11.2 Å². The predicted molar refractivity (Wildman–Crippen MR) is 77.8 cm³/mol. The summed E-state index contributed by atoms with van der Waals surface area (Å²) in [6.45, 7) is 1.85. The third-order valence-electron chi connectivity index (χ3n) is 3.21. The molecule has 0 saturated carbocycles. The molecule has 0 fully saturated rings. The third-order valence-corrected chi connectivity index (χ3v) is 4.89. The van der Waals surface area contributed by atoms with Crippen molar-refractivity contribution in [2.45, 2.75) is 11.8 Å². The lowest BCUT2D eigenvalue weighted by Gasteiger charge is -2.07. The Morgan fingerprint density at radius 3 is 2.55 bits per heavy atom. The molecule has 112 valence electrons. The minimum atomic E-state index is -3.91. The van der Waals surface area contributed by atoms with Crippen LogP contribution in [-0.2, 0) is 10.0 Å². The smallest absolute Gasteiger partial charge is 0.335 e. The van der Waals surface area contributed by atoms with Crippen LogP contribution in [0.3, 0.4) is 0 Å². The molecule has 3 rings (SSSR count). The molecular weight excluding hydrogens is 306 g/mol. The molecule has 0 radical (unpaired) electrons. The molecular formula is C14H11N3O4S. The van der Waals surface area contributed by atoms with E-state index in [2.05, 4.69) is 4.98 Å². The Morgan fingerprint density at radius 1 is 1.23 bits per heavy atom. The number of hydrogen-bond donors (Lipinski definition) is 0. The van der Waals surface area contributed by atoms with E-state index in [9.17, 15) is 18.4 Å². The highest BCUT2D eigenvalue weighted by atomic mass is 32.2. The van der Waals surface area contributed by atoms with E-state index >= 15 is 0 Å². The number of carbonyl (C=O) groups is 1. The quantitative estimate of drug-likeness (QED) is 0.408. The SMILES string of the molecule is Cc1ccc(S(=O)(=O)n2ccc3nc(C=O)c[n+]([O-])c32)cc1. The fourth-order valence-corrected chi connectivity index (χ4v) is 3.45. The Kier molecular flexibility index (Phi) is 3.18. The van der Waals surface area contributed by atoms with Crippen LogP contribution in [0.5, 0.6) is 0 Å². The first-order valence-electron chi connectivity index (χ1n) is 6.32. The zero-order chi connectivity index (χ0) is 15.9. The van der Waals surface area contributed by atoms with Gasteiger partial charge in [-0.3, -0.25) is 4.79 Å². The number of hydrogen-bond acceptors (Lipinski definition) is 5. The number of nitrogens with zero attached hydrogens (tertiary/aromatic N) is 3. The number of aromatic nitrogens is 3. The van der Waals surface area contributed by atoms with Crippen molar-refractivity contribution in [1.29, 1.82) is 0 Å². The minimum Gasteiger partial charge on any atom is -0.710 e. The summed E-state index contributed by atoms with van der Waals surface area (Å²) in [7, 11) is -3.91. The second-order valence-electron chi connectivity index (χ2n) is 4.75. The normalized spacial score (nSPS) is 11.7. The van der Waals surface area contributed by atoms with Crippen LogP contribution < -0.4 is 4.73 Å². The highest BCUT2D eigenvalue weighted by molar-refractivity contribution is 7.90. The molecule has 0 atom stereocenters. The van der Waals surface area contributed by atoms with Gasteiger partial charge >= 0.3 is 15.7 Å². The largest absolute Gasteiger partial charge is 0.710 e. The van der Waals surface area contributed by atoms with Crippen LogP contribution in [0.1, 0.15) is 16.1 Å². The van der Waals surface area contributed by atoms with E-state index in [-0.39, 0.29) is 21.8 Å². The number of fused-ring (bicyclic) bond motifs is 1. The van der Waals surface area contributed by atoms with Crippen LogP contribution in [0.15, 0.2) is 47.6 Å². The van der Waals surface area contributed by atoms with Gasteiger partial charge in [0.15, 0.2) is 11.8 Å². The molecule has 0 saturated heterocycles. The summed E-state index contributed by atoms with van der Waals surface area (Å²) in [6.07, 6.45) is 2.62. The number of carbonyl (C=O) groups excluding carboxylic acids is 1. The van der Waals surface area contributed by atoms with Crippen molar-refractivity contribution in [3.63, 3.8) is 0 Å². The van der Waals surface area contributed by atoms with Gasteiger partial charge in [-0.1, -0.05) is 17.7 Å². The molecule has 0 bridgehead atoms. The summed E-state index contributed by atoms with van der Waals surface area (Å²) < 4.78 is 26.5. The van der Waals surface area contributed by atoms with Crippen LogP contribution in [0, 0.1) is 12.1 Å². The van der Waals surface area contributed by atoms with Gasteiger partial charge in [-0.2, -0.15) is 8.42 Å². The van der Waals surface area contributed by atoms with Crippen molar-refractivity contribution < 1.29 is 17.9 Å². The van der Waals surface area contributed by atoms with Gasteiger partial charge in [-0.15, -0.1) is 3.97 Å². The summed E-state index contributed by atoms with van der Waals surface area (Å²) in [5, 5.41) is 12.0. The molecule has 7 nitrogen and oxygen atoms in total. The van der Waals surface area contributed by atoms with Crippen molar-refractivity contribution >= 4 is 27.5 Å². The van der Waals surface area contributed by atoms with Gasteiger partial charge in [0.1, 0.15) is 23.0 Å². The summed E-state index contributed by atoms with van der Waals surface area (Å²) in [5.41, 5.74) is 0.849. The van der Waals surface area contributed by atoms with Gasteiger partial charge in [0, 0.05) is 6.07 Å². The first-order chi connectivity index (χ1) is 10.4. The molecule has 22 heavy (non-hydrogen) atoms.